The number of rotatable bonds is 4. The molecule has 0 bridgehead atoms. The molecule has 0 amide bonds. The van der Waals surface area contributed by atoms with Gasteiger partial charge in [0.1, 0.15) is 0 Å². The van der Waals surface area contributed by atoms with Gasteiger partial charge in [-0.15, -0.1) is 0 Å². The Morgan fingerprint density at radius 1 is 1.17 bits per heavy atom. The molecule has 0 aliphatic carbocycles. The molecule has 0 spiro atoms. The second-order valence-electron chi connectivity index (χ2n) is 5.17. The van der Waals surface area contributed by atoms with Crippen molar-refractivity contribution < 1.29 is 0 Å². The number of amidine groups is 1. The fourth-order valence-electron chi connectivity index (χ4n) is 2.40. The van der Waals surface area contributed by atoms with Crippen LogP contribution >= 0.6 is 0 Å². The Labute approximate surface area is 111 Å². The molecule has 1 aliphatic rings. The van der Waals surface area contributed by atoms with Crippen LogP contribution in [0.4, 0.5) is 0 Å². The molecule has 0 radical (unpaired) electrons. The zero-order valence-electron chi connectivity index (χ0n) is 11.4. The second kappa shape index (κ2) is 7.20. The summed E-state index contributed by atoms with van der Waals surface area (Å²) in [4.78, 5) is 4.60. The largest absolute Gasteiger partial charge is 0.374 e. The van der Waals surface area contributed by atoms with E-state index in [1.165, 1.54) is 37.1 Å². The van der Waals surface area contributed by atoms with Crippen LogP contribution in [-0.4, -0.2) is 18.9 Å². The molecule has 2 heteroatoms. The molecule has 18 heavy (non-hydrogen) atoms. The van der Waals surface area contributed by atoms with E-state index in [1.54, 1.807) is 0 Å². The molecule has 2 rings (SSSR count). The van der Waals surface area contributed by atoms with E-state index in [9.17, 15) is 0 Å². The summed E-state index contributed by atoms with van der Waals surface area (Å²) in [6, 6.07) is 10.7. The highest BCUT2D eigenvalue weighted by Gasteiger charge is 2.06. The van der Waals surface area contributed by atoms with Gasteiger partial charge in [0.05, 0.1) is 5.84 Å². The van der Waals surface area contributed by atoms with Gasteiger partial charge in [-0.3, -0.25) is 4.99 Å². The first-order valence-corrected chi connectivity index (χ1v) is 7.18. The number of hydrogen-bond donors (Lipinski definition) is 1. The van der Waals surface area contributed by atoms with E-state index in [0.717, 1.165) is 19.5 Å². The Kier molecular flexibility index (Phi) is 5.25. The number of benzene rings is 1. The lowest BCUT2D eigenvalue weighted by Gasteiger charge is -2.13. The third-order valence-electron chi connectivity index (χ3n) is 3.65. The van der Waals surface area contributed by atoms with Gasteiger partial charge in [-0.2, -0.15) is 0 Å². The lowest BCUT2D eigenvalue weighted by molar-refractivity contribution is 0.656. The third-order valence-corrected chi connectivity index (χ3v) is 3.65. The standard InChI is InChI=1S/C16H24N2/c1-14(15-8-4-2-5-9-15)11-13-18-16-10-6-3-7-12-17-16/h2,4-5,8-9,14H,3,6-7,10-13H2,1H3,(H,17,18). The topological polar surface area (TPSA) is 24.4 Å². The molecule has 1 N–H and O–H groups in total. The van der Waals surface area contributed by atoms with E-state index < -0.39 is 0 Å². The average molecular weight is 244 g/mol. The Morgan fingerprint density at radius 3 is 2.83 bits per heavy atom. The molecule has 2 nitrogen and oxygen atoms in total. The Bertz CT molecular complexity index is 370. The van der Waals surface area contributed by atoms with Crippen molar-refractivity contribution >= 4 is 5.84 Å². The molecule has 1 aromatic carbocycles. The fraction of sp³-hybridized carbons (Fsp3) is 0.562. The average Bonchev–Trinajstić information content (AvgIpc) is 2.68. The molecule has 0 aromatic heterocycles. The van der Waals surface area contributed by atoms with Crippen molar-refractivity contribution in [1.82, 2.24) is 5.32 Å². The van der Waals surface area contributed by atoms with Gasteiger partial charge >= 0.3 is 0 Å². The van der Waals surface area contributed by atoms with Crippen LogP contribution in [0.1, 0.15) is 50.5 Å². The second-order valence-corrected chi connectivity index (χ2v) is 5.17. The van der Waals surface area contributed by atoms with Crippen LogP contribution in [0.5, 0.6) is 0 Å². The van der Waals surface area contributed by atoms with Gasteiger partial charge < -0.3 is 5.32 Å². The quantitative estimate of drug-likeness (QED) is 0.857. The van der Waals surface area contributed by atoms with Crippen molar-refractivity contribution in [3.63, 3.8) is 0 Å². The van der Waals surface area contributed by atoms with Crippen molar-refractivity contribution in [3.8, 4) is 0 Å². The smallest absolute Gasteiger partial charge is 0.0963 e. The van der Waals surface area contributed by atoms with Crippen LogP contribution in [0, 0.1) is 0 Å². The minimum atomic E-state index is 0.616. The number of hydrogen-bond acceptors (Lipinski definition) is 2. The zero-order valence-corrected chi connectivity index (χ0v) is 11.4. The van der Waals surface area contributed by atoms with Crippen LogP contribution in [0.15, 0.2) is 35.3 Å². The Hall–Kier alpha value is -1.31. The first-order valence-electron chi connectivity index (χ1n) is 7.18. The molecule has 0 fully saturated rings. The van der Waals surface area contributed by atoms with Crippen molar-refractivity contribution in [2.24, 2.45) is 4.99 Å². The van der Waals surface area contributed by atoms with Crippen LogP contribution < -0.4 is 5.32 Å². The summed E-state index contributed by atoms with van der Waals surface area (Å²) in [5, 5.41) is 3.51. The van der Waals surface area contributed by atoms with Gasteiger partial charge in [0.25, 0.3) is 0 Å². The minimum absolute atomic E-state index is 0.616. The van der Waals surface area contributed by atoms with E-state index in [1.807, 2.05) is 0 Å². The van der Waals surface area contributed by atoms with E-state index in [4.69, 9.17) is 0 Å². The first kappa shape index (κ1) is 13.1. The van der Waals surface area contributed by atoms with Gasteiger partial charge in [0.2, 0.25) is 0 Å². The van der Waals surface area contributed by atoms with E-state index in [-0.39, 0.29) is 0 Å². The van der Waals surface area contributed by atoms with E-state index in [0.29, 0.717) is 5.92 Å². The summed E-state index contributed by atoms with van der Waals surface area (Å²) in [6.07, 6.45) is 6.18. The van der Waals surface area contributed by atoms with Gasteiger partial charge in [0, 0.05) is 19.5 Å². The molecule has 98 valence electrons. The van der Waals surface area contributed by atoms with Crippen molar-refractivity contribution in [1.29, 1.82) is 0 Å². The molecule has 1 atom stereocenters. The van der Waals surface area contributed by atoms with Crippen molar-refractivity contribution in [2.45, 2.75) is 44.9 Å². The molecular formula is C16H24N2. The summed E-state index contributed by atoms with van der Waals surface area (Å²) >= 11 is 0. The van der Waals surface area contributed by atoms with Gasteiger partial charge in [-0.1, -0.05) is 43.7 Å². The Balaban J connectivity index is 1.73. The maximum absolute atomic E-state index is 4.60. The molecule has 1 aliphatic heterocycles. The maximum atomic E-state index is 4.60. The maximum Gasteiger partial charge on any atom is 0.0963 e. The lowest BCUT2D eigenvalue weighted by atomic mass is 9.98. The number of aliphatic imine (C=N–C) groups is 1. The van der Waals surface area contributed by atoms with E-state index in [2.05, 4.69) is 47.6 Å². The summed E-state index contributed by atoms with van der Waals surface area (Å²) in [5.74, 6) is 1.85. The van der Waals surface area contributed by atoms with E-state index >= 15 is 0 Å². The highest BCUT2D eigenvalue weighted by Crippen LogP contribution is 2.17. The monoisotopic (exact) mass is 244 g/mol. The number of nitrogens with zero attached hydrogens (tertiary/aromatic N) is 1. The highest BCUT2D eigenvalue weighted by atomic mass is 15.0. The highest BCUT2D eigenvalue weighted by molar-refractivity contribution is 5.82. The first-order chi connectivity index (χ1) is 8.86. The summed E-state index contributed by atoms with van der Waals surface area (Å²) in [5.41, 5.74) is 1.43. The Morgan fingerprint density at radius 2 is 2.00 bits per heavy atom. The predicted molar refractivity (Wildman–Crippen MR) is 78.2 cm³/mol. The van der Waals surface area contributed by atoms with Crippen molar-refractivity contribution in [3.05, 3.63) is 35.9 Å². The van der Waals surface area contributed by atoms with Gasteiger partial charge in [-0.25, -0.2) is 0 Å². The lowest BCUT2D eigenvalue weighted by Crippen LogP contribution is -2.25. The van der Waals surface area contributed by atoms with Crippen LogP contribution in [0.25, 0.3) is 0 Å². The van der Waals surface area contributed by atoms with Crippen molar-refractivity contribution in [2.75, 3.05) is 13.1 Å². The summed E-state index contributed by atoms with van der Waals surface area (Å²) in [7, 11) is 0. The molecule has 1 unspecified atom stereocenters. The molecule has 0 saturated heterocycles. The molecule has 0 saturated carbocycles. The fourth-order valence-corrected chi connectivity index (χ4v) is 2.40. The van der Waals surface area contributed by atoms with Gasteiger partial charge in [0.15, 0.2) is 0 Å². The summed E-state index contributed by atoms with van der Waals surface area (Å²) < 4.78 is 0. The summed E-state index contributed by atoms with van der Waals surface area (Å²) in [6.45, 7) is 4.34. The molecular weight excluding hydrogens is 220 g/mol. The minimum Gasteiger partial charge on any atom is -0.374 e. The molecule has 1 heterocycles. The van der Waals surface area contributed by atoms with Crippen LogP contribution in [-0.2, 0) is 0 Å². The van der Waals surface area contributed by atoms with Crippen LogP contribution in [0.2, 0.25) is 0 Å². The van der Waals surface area contributed by atoms with Gasteiger partial charge in [-0.05, 0) is 30.7 Å². The SMILES string of the molecule is CC(CCNC1=NCCCCC1)c1ccccc1. The normalized spacial score (nSPS) is 17.7. The predicted octanol–water partition coefficient (Wildman–Crippen LogP) is 3.74. The van der Waals surface area contributed by atoms with Crippen LogP contribution in [0.3, 0.4) is 0 Å². The molecule has 1 aromatic rings. The number of nitrogens with one attached hydrogen (secondary N) is 1. The third kappa shape index (κ3) is 4.17. The zero-order chi connectivity index (χ0) is 12.6.